The zero-order valence-corrected chi connectivity index (χ0v) is 13.8. The Morgan fingerprint density at radius 2 is 2.15 bits per heavy atom. The van der Waals surface area contributed by atoms with Crippen molar-refractivity contribution in [2.75, 3.05) is 19.7 Å². The normalized spacial score (nSPS) is 25.1. The van der Waals surface area contributed by atoms with E-state index in [0.717, 1.165) is 32.5 Å². The van der Waals surface area contributed by atoms with Crippen molar-refractivity contribution >= 4 is 0 Å². The summed E-state index contributed by atoms with van der Waals surface area (Å²) in [6.45, 7) is 13.4. The average molecular weight is 281 g/mol. The highest BCUT2D eigenvalue weighted by Crippen LogP contribution is 2.21. The Hall–Kier alpha value is -0.630. The van der Waals surface area contributed by atoms with Crippen LogP contribution in [0.3, 0.4) is 0 Å². The maximum Gasteiger partial charge on any atom is 0.105 e. The van der Waals surface area contributed by atoms with E-state index in [1.54, 1.807) is 0 Å². The van der Waals surface area contributed by atoms with Gasteiger partial charge in [-0.05, 0) is 60.4 Å². The van der Waals surface area contributed by atoms with Gasteiger partial charge >= 0.3 is 0 Å². The van der Waals surface area contributed by atoms with Gasteiger partial charge < -0.3 is 4.74 Å². The third-order valence-electron chi connectivity index (χ3n) is 3.99. The number of nitrogens with zero attached hydrogens (tertiary/aromatic N) is 2. The summed E-state index contributed by atoms with van der Waals surface area (Å²) < 4.78 is 5.76. The van der Waals surface area contributed by atoms with Gasteiger partial charge in [0.15, 0.2) is 0 Å². The van der Waals surface area contributed by atoms with Gasteiger partial charge in [-0.2, -0.15) is 5.26 Å². The molecule has 1 aliphatic rings. The van der Waals surface area contributed by atoms with Crippen molar-refractivity contribution in [3.05, 3.63) is 0 Å². The van der Waals surface area contributed by atoms with Gasteiger partial charge in [0.2, 0.25) is 0 Å². The summed E-state index contributed by atoms with van der Waals surface area (Å²) in [7, 11) is 0. The predicted octanol–water partition coefficient (Wildman–Crippen LogP) is 2.55. The van der Waals surface area contributed by atoms with Crippen LogP contribution in [-0.2, 0) is 4.74 Å². The minimum atomic E-state index is -0.452. The molecule has 0 bridgehead atoms. The van der Waals surface area contributed by atoms with E-state index in [9.17, 15) is 5.26 Å². The van der Waals surface area contributed by atoms with Crippen LogP contribution in [-0.4, -0.2) is 48.3 Å². The van der Waals surface area contributed by atoms with Crippen LogP contribution in [0.4, 0.5) is 0 Å². The van der Waals surface area contributed by atoms with E-state index in [0.29, 0.717) is 18.2 Å². The zero-order valence-electron chi connectivity index (χ0n) is 13.8. The lowest BCUT2D eigenvalue weighted by Gasteiger charge is -2.39. The van der Waals surface area contributed by atoms with E-state index < -0.39 is 5.54 Å². The summed E-state index contributed by atoms with van der Waals surface area (Å²) in [5, 5.41) is 12.9. The number of hydrogen-bond acceptors (Lipinski definition) is 4. The largest absolute Gasteiger partial charge is 0.377 e. The fourth-order valence-electron chi connectivity index (χ4n) is 3.23. The topological polar surface area (TPSA) is 48.3 Å². The van der Waals surface area contributed by atoms with Crippen molar-refractivity contribution in [1.29, 1.82) is 5.26 Å². The maximum atomic E-state index is 9.46. The predicted molar refractivity (Wildman–Crippen MR) is 82.6 cm³/mol. The number of likely N-dealkylation sites (tertiary alicyclic amines) is 1. The Balaban J connectivity index is 2.56. The Bertz CT molecular complexity index is 324. The van der Waals surface area contributed by atoms with Gasteiger partial charge in [0.1, 0.15) is 5.54 Å². The monoisotopic (exact) mass is 281 g/mol. The molecule has 4 heteroatoms. The third kappa shape index (κ3) is 5.40. The number of ether oxygens (including phenoxy) is 1. The molecule has 0 aromatic heterocycles. The van der Waals surface area contributed by atoms with Crippen molar-refractivity contribution < 1.29 is 4.74 Å². The van der Waals surface area contributed by atoms with Crippen LogP contribution in [0.1, 0.15) is 53.9 Å². The molecule has 3 atom stereocenters. The molecule has 3 unspecified atom stereocenters. The van der Waals surface area contributed by atoms with Crippen LogP contribution in [0.15, 0.2) is 0 Å². The van der Waals surface area contributed by atoms with Crippen molar-refractivity contribution in [3.63, 3.8) is 0 Å². The van der Waals surface area contributed by atoms with Gasteiger partial charge in [-0.1, -0.05) is 0 Å². The standard InChI is InChI=1S/C16H31N3O/c1-6-20-15-8-7-9-19(11-15)14(4)10-16(5,12-17)18-13(2)3/h13-15,18H,6-11H2,1-5H3. The fraction of sp³-hybridized carbons (Fsp3) is 0.938. The minimum absolute atomic E-state index is 0.323. The highest BCUT2D eigenvalue weighted by atomic mass is 16.5. The molecule has 1 fully saturated rings. The second-order valence-corrected chi connectivity index (χ2v) is 6.51. The van der Waals surface area contributed by atoms with Crippen molar-refractivity contribution in [1.82, 2.24) is 10.2 Å². The second kappa shape index (κ2) is 7.97. The van der Waals surface area contributed by atoms with Gasteiger partial charge in [0.05, 0.1) is 12.2 Å². The van der Waals surface area contributed by atoms with Gasteiger partial charge in [0.25, 0.3) is 0 Å². The smallest absolute Gasteiger partial charge is 0.105 e. The molecule has 0 aromatic rings. The van der Waals surface area contributed by atoms with E-state index in [1.807, 2.05) is 6.92 Å². The van der Waals surface area contributed by atoms with Crippen molar-refractivity contribution in [2.45, 2.75) is 77.6 Å². The van der Waals surface area contributed by atoms with Gasteiger partial charge in [-0.15, -0.1) is 0 Å². The highest BCUT2D eigenvalue weighted by Gasteiger charge is 2.31. The molecule has 1 heterocycles. The number of hydrogen-bond donors (Lipinski definition) is 1. The summed E-state index contributed by atoms with van der Waals surface area (Å²) in [5.74, 6) is 0. The van der Waals surface area contributed by atoms with Crippen molar-refractivity contribution in [3.8, 4) is 6.07 Å². The Morgan fingerprint density at radius 1 is 1.45 bits per heavy atom. The van der Waals surface area contributed by atoms with Crippen LogP contribution in [0.2, 0.25) is 0 Å². The molecular formula is C16H31N3O. The fourth-order valence-corrected chi connectivity index (χ4v) is 3.23. The molecule has 1 aliphatic heterocycles. The molecule has 0 radical (unpaired) electrons. The number of rotatable bonds is 7. The van der Waals surface area contributed by atoms with E-state index in [2.05, 4.69) is 44.0 Å². The van der Waals surface area contributed by atoms with E-state index in [1.165, 1.54) is 6.42 Å². The van der Waals surface area contributed by atoms with Crippen LogP contribution in [0.5, 0.6) is 0 Å². The molecule has 116 valence electrons. The van der Waals surface area contributed by atoms with E-state index in [4.69, 9.17) is 4.74 Å². The first kappa shape index (κ1) is 17.4. The summed E-state index contributed by atoms with van der Waals surface area (Å²) >= 11 is 0. The zero-order chi connectivity index (χ0) is 15.2. The third-order valence-corrected chi connectivity index (χ3v) is 3.99. The van der Waals surface area contributed by atoms with Gasteiger partial charge in [-0.25, -0.2) is 0 Å². The van der Waals surface area contributed by atoms with E-state index in [-0.39, 0.29) is 0 Å². The number of piperidine rings is 1. The van der Waals surface area contributed by atoms with Crippen LogP contribution in [0, 0.1) is 11.3 Å². The minimum Gasteiger partial charge on any atom is -0.377 e. The molecule has 20 heavy (non-hydrogen) atoms. The number of nitriles is 1. The first-order chi connectivity index (χ1) is 9.40. The maximum absolute atomic E-state index is 9.46. The molecule has 0 aliphatic carbocycles. The molecule has 0 amide bonds. The quantitative estimate of drug-likeness (QED) is 0.779. The molecule has 0 aromatic carbocycles. The molecule has 1 N–H and O–H groups in total. The average Bonchev–Trinajstić information content (AvgIpc) is 2.38. The van der Waals surface area contributed by atoms with Gasteiger partial charge in [-0.3, -0.25) is 10.2 Å². The Kier molecular flexibility index (Phi) is 6.94. The molecule has 4 nitrogen and oxygen atoms in total. The van der Waals surface area contributed by atoms with Crippen LogP contribution in [0.25, 0.3) is 0 Å². The SMILES string of the molecule is CCOC1CCCN(C(C)CC(C)(C#N)NC(C)C)C1. The highest BCUT2D eigenvalue weighted by molar-refractivity contribution is 5.06. The molecule has 1 saturated heterocycles. The lowest BCUT2D eigenvalue weighted by Crippen LogP contribution is -2.52. The molecule has 0 saturated carbocycles. The van der Waals surface area contributed by atoms with Crippen molar-refractivity contribution in [2.24, 2.45) is 0 Å². The van der Waals surface area contributed by atoms with E-state index >= 15 is 0 Å². The summed E-state index contributed by atoms with van der Waals surface area (Å²) in [5.41, 5.74) is -0.452. The first-order valence-corrected chi connectivity index (χ1v) is 7.94. The van der Waals surface area contributed by atoms with Crippen LogP contribution >= 0.6 is 0 Å². The summed E-state index contributed by atoms with van der Waals surface area (Å²) in [6, 6.07) is 3.17. The first-order valence-electron chi connectivity index (χ1n) is 7.94. The molecular weight excluding hydrogens is 250 g/mol. The number of nitrogens with one attached hydrogen (secondary N) is 1. The van der Waals surface area contributed by atoms with Gasteiger partial charge in [0, 0.05) is 25.2 Å². The summed E-state index contributed by atoms with van der Waals surface area (Å²) in [4.78, 5) is 2.47. The Morgan fingerprint density at radius 3 is 2.70 bits per heavy atom. The summed E-state index contributed by atoms with van der Waals surface area (Å²) in [6.07, 6.45) is 3.57. The molecule has 1 rings (SSSR count). The lowest BCUT2D eigenvalue weighted by molar-refractivity contribution is -0.00828. The second-order valence-electron chi connectivity index (χ2n) is 6.51. The Labute approximate surface area is 124 Å². The lowest BCUT2D eigenvalue weighted by atomic mass is 9.92. The molecule has 0 spiro atoms. The van der Waals surface area contributed by atoms with Crippen LogP contribution < -0.4 is 5.32 Å².